The summed E-state index contributed by atoms with van der Waals surface area (Å²) in [5, 5.41) is 11.7. The van der Waals surface area contributed by atoms with Crippen molar-refractivity contribution >= 4 is 22.4 Å². The number of carbonyl (C=O) groups is 1. The number of aryl methyl sites for hydroxylation is 2. The summed E-state index contributed by atoms with van der Waals surface area (Å²) < 4.78 is 6.95. The number of ether oxygens (including phenoxy) is 1. The van der Waals surface area contributed by atoms with Crippen molar-refractivity contribution in [2.45, 2.75) is 33.3 Å². The van der Waals surface area contributed by atoms with Gasteiger partial charge in [0.15, 0.2) is 10.8 Å². The number of anilines is 1. The van der Waals surface area contributed by atoms with Crippen LogP contribution in [0.15, 0.2) is 54.7 Å². The molecule has 0 fully saturated rings. The van der Waals surface area contributed by atoms with Gasteiger partial charge in [-0.05, 0) is 42.2 Å². The number of rotatable bonds is 8. The second-order valence-corrected chi connectivity index (χ2v) is 8.62. The highest BCUT2D eigenvalue weighted by molar-refractivity contribution is 7.15. The molecule has 0 atom stereocenters. The Kier molecular flexibility index (Phi) is 6.72. The molecular formula is C24H25N5O2S. The molecule has 0 saturated carbocycles. The molecular weight excluding hydrogens is 422 g/mol. The lowest BCUT2D eigenvalue weighted by molar-refractivity contribution is 0.101. The van der Waals surface area contributed by atoms with Gasteiger partial charge < -0.3 is 4.74 Å². The molecule has 7 nitrogen and oxygen atoms in total. The zero-order valence-corrected chi connectivity index (χ0v) is 19.1. The molecule has 8 heteroatoms. The van der Waals surface area contributed by atoms with Crippen LogP contribution in [0.2, 0.25) is 0 Å². The van der Waals surface area contributed by atoms with E-state index in [4.69, 9.17) is 4.74 Å². The topological polar surface area (TPSA) is 81.9 Å². The number of nitrogens with one attached hydrogen (secondary N) is 1. The minimum Gasteiger partial charge on any atom is -0.378 e. The predicted molar refractivity (Wildman–Crippen MR) is 126 cm³/mol. The van der Waals surface area contributed by atoms with Gasteiger partial charge in [-0.15, -0.1) is 16.4 Å². The van der Waals surface area contributed by atoms with E-state index in [0.717, 1.165) is 29.0 Å². The van der Waals surface area contributed by atoms with Crippen LogP contribution in [0.1, 0.15) is 44.7 Å². The fourth-order valence-electron chi connectivity index (χ4n) is 3.41. The Balaban J connectivity index is 1.50. The Morgan fingerprint density at radius 2 is 1.94 bits per heavy atom. The Morgan fingerprint density at radius 3 is 2.66 bits per heavy atom. The van der Waals surface area contributed by atoms with Crippen molar-refractivity contribution in [1.29, 1.82) is 0 Å². The Labute approximate surface area is 191 Å². The summed E-state index contributed by atoms with van der Waals surface area (Å²) in [6.45, 7) is 4.35. The zero-order valence-electron chi connectivity index (χ0n) is 18.3. The van der Waals surface area contributed by atoms with Gasteiger partial charge in [0.1, 0.15) is 5.69 Å². The first-order chi connectivity index (χ1) is 15.6. The lowest BCUT2D eigenvalue weighted by atomic mass is 10.1. The summed E-state index contributed by atoms with van der Waals surface area (Å²) in [5.41, 5.74) is 5.26. The monoisotopic (exact) mass is 447 g/mol. The highest BCUT2D eigenvalue weighted by Gasteiger charge is 2.21. The van der Waals surface area contributed by atoms with E-state index >= 15 is 0 Å². The largest absolute Gasteiger partial charge is 0.378 e. The Bertz CT molecular complexity index is 1210. The fraction of sp³-hybridized carbons (Fsp3) is 0.250. The van der Waals surface area contributed by atoms with Crippen LogP contribution in [-0.2, 0) is 24.2 Å². The van der Waals surface area contributed by atoms with Gasteiger partial charge in [-0.3, -0.25) is 10.1 Å². The molecule has 2 aromatic heterocycles. The highest BCUT2D eigenvalue weighted by Crippen LogP contribution is 2.23. The second-order valence-electron chi connectivity index (χ2n) is 7.50. The Morgan fingerprint density at radius 1 is 1.16 bits per heavy atom. The van der Waals surface area contributed by atoms with Gasteiger partial charge >= 0.3 is 0 Å². The van der Waals surface area contributed by atoms with Gasteiger partial charge in [-0.25, -0.2) is 9.67 Å². The van der Waals surface area contributed by atoms with Crippen molar-refractivity contribution < 1.29 is 9.53 Å². The summed E-state index contributed by atoms with van der Waals surface area (Å²) in [6, 6.07) is 16.4. The van der Waals surface area contributed by atoms with E-state index in [2.05, 4.69) is 51.8 Å². The minimum atomic E-state index is -0.357. The smallest absolute Gasteiger partial charge is 0.280 e. The summed E-state index contributed by atoms with van der Waals surface area (Å²) in [5.74, 6) is -0.357. The molecule has 1 amide bonds. The van der Waals surface area contributed by atoms with Gasteiger partial charge in [0.2, 0.25) is 0 Å². The molecule has 0 spiro atoms. The number of amides is 1. The standard InChI is InChI=1S/C24H25N5O2S/c1-4-17-8-10-18(11-9-17)13-20-14-25-24(32-20)26-23(30)22-21(15-31-3)29(28-27-22)19-7-5-6-16(2)12-19/h5-12,14H,4,13,15H2,1-3H3,(H,25,26,30). The third-order valence-corrected chi connectivity index (χ3v) is 6.00. The number of aromatic nitrogens is 4. The molecule has 0 unspecified atom stereocenters. The maximum absolute atomic E-state index is 12.9. The average Bonchev–Trinajstić information content (AvgIpc) is 3.41. The van der Waals surface area contributed by atoms with E-state index < -0.39 is 0 Å². The number of thiazole rings is 1. The van der Waals surface area contributed by atoms with Crippen LogP contribution >= 0.6 is 11.3 Å². The van der Waals surface area contributed by atoms with Crippen LogP contribution in [0.5, 0.6) is 0 Å². The third kappa shape index (κ3) is 4.92. The molecule has 2 heterocycles. The normalized spacial score (nSPS) is 11.0. The molecule has 164 valence electrons. The average molecular weight is 448 g/mol. The second kappa shape index (κ2) is 9.84. The van der Waals surface area contributed by atoms with Crippen molar-refractivity contribution in [3.05, 3.63) is 87.7 Å². The summed E-state index contributed by atoms with van der Waals surface area (Å²) >= 11 is 1.46. The fourth-order valence-corrected chi connectivity index (χ4v) is 4.25. The number of hydrogen-bond donors (Lipinski definition) is 1. The van der Waals surface area contributed by atoms with Gasteiger partial charge in [0.25, 0.3) is 5.91 Å². The van der Waals surface area contributed by atoms with Gasteiger partial charge in [-0.2, -0.15) is 0 Å². The number of hydrogen-bond acceptors (Lipinski definition) is 6. The highest BCUT2D eigenvalue weighted by atomic mass is 32.1. The first-order valence-corrected chi connectivity index (χ1v) is 11.2. The number of methoxy groups -OCH3 is 1. The third-order valence-electron chi connectivity index (χ3n) is 5.09. The first-order valence-electron chi connectivity index (χ1n) is 10.4. The number of nitrogens with zero attached hydrogens (tertiary/aromatic N) is 4. The SMILES string of the molecule is CCc1ccc(Cc2cnc(NC(=O)c3nnn(-c4cccc(C)c4)c3COC)s2)cc1. The van der Waals surface area contributed by atoms with Crippen LogP contribution in [0.4, 0.5) is 5.13 Å². The summed E-state index contributed by atoms with van der Waals surface area (Å²) in [6.07, 6.45) is 3.60. The van der Waals surface area contributed by atoms with Gasteiger partial charge in [-0.1, -0.05) is 48.5 Å². The molecule has 4 rings (SSSR count). The maximum atomic E-state index is 12.9. The Hall–Kier alpha value is -3.36. The minimum absolute atomic E-state index is 0.209. The number of carbonyl (C=O) groups excluding carboxylic acids is 1. The molecule has 0 aliphatic heterocycles. The molecule has 32 heavy (non-hydrogen) atoms. The van der Waals surface area contributed by atoms with Crippen LogP contribution in [0, 0.1) is 6.92 Å². The van der Waals surface area contributed by atoms with Crippen molar-refractivity contribution in [3.8, 4) is 5.69 Å². The molecule has 0 bridgehead atoms. The summed E-state index contributed by atoms with van der Waals surface area (Å²) in [7, 11) is 1.58. The van der Waals surface area contributed by atoms with Crippen molar-refractivity contribution in [2.24, 2.45) is 0 Å². The van der Waals surface area contributed by atoms with Crippen molar-refractivity contribution in [1.82, 2.24) is 20.0 Å². The molecule has 0 aliphatic carbocycles. The quantitative estimate of drug-likeness (QED) is 0.427. The molecule has 0 aliphatic rings. The first kappa shape index (κ1) is 21.9. The van der Waals surface area contributed by atoms with E-state index in [9.17, 15) is 4.79 Å². The lowest BCUT2D eigenvalue weighted by Gasteiger charge is -2.07. The van der Waals surface area contributed by atoms with E-state index in [1.165, 1.54) is 22.5 Å². The lowest BCUT2D eigenvalue weighted by Crippen LogP contribution is -2.15. The molecule has 2 aromatic carbocycles. The molecule has 1 N–H and O–H groups in total. The van der Waals surface area contributed by atoms with E-state index in [1.54, 1.807) is 18.0 Å². The molecule has 4 aromatic rings. The van der Waals surface area contributed by atoms with Crippen molar-refractivity contribution in [2.75, 3.05) is 12.4 Å². The van der Waals surface area contributed by atoms with Crippen LogP contribution < -0.4 is 5.32 Å². The maximum Gasteiger partial charge on any atom is 0.280 e. The van der Waals surface area contributed by atoms with Crippen LogP contribution in [-0.4, -0.2) is 33.0 Å². The van der Waals surface area contributed by atoms with Crippen LogP contribution in [0.25, 0.3) is 5.69 Å². The van der Waals surface area contributed by atoms with Gasteiger partial charge in [0, 0.05) is 24.6 Å². The van der Waals surface area contributed by atoms with Gasteiger partial charge in [0.05, 0.1) is 12.3 Å². The summed E-state index contributed by atoms with van der Waals surface area (Å²) in [4.78, 5) is 18.4. The van der Waals surface area contributed by atoms with E-state index in [0.29, 0.717) is 10.8 Å². The van der Waals surface area contributed by atoms with Crippen LogP contribution in [0.3, 0.4) is 0 Å². The van der Waals surface area contributed by atoms with E-state index in [1.807, 2.05) is 31.2 Å². The zero-order chi connectivity index (χ0) is 22.5. The van der Waals surface area contributed by atoms with E-state index in [-0.39, 0.29) is 18.2 Å². The predicted octanol–water partition coefficient (Wildman–Crippen LogP) is 4.58. The molecule has 0 saturated heterocycles. The molecule has 0 radical (unpaired) electrons. The number of benzene rings is 2. The van der Waals surface area contributed by atoms with Crippen molar-refractivity contribution in [3.63, 3.8) is 0 Å².